The molecule has 0 unspecified atom stereocenters. The van der Waals surface area contributed by atoms with E-state index >= 15 is 0 Å². The molecule has 0 saturated heterocycles. The first-order valence-corrected chi connectivity index (χ1v) is 11.9. The quantitative estimate of drug-likeness (QED) is 0.140. The molecule has 0 fully saturated rings. The fraction of sp³-hybridized carbons (Fsp3) is 0.0385. The Balaban J connectivity index is 1.80. The first kappa shape index (κ1) is 25.9. The van der Waals surface area contributed by atoms with Gasteiger partial charge in [0.25, 0.3) is 11.8 Å². The van der Waals surface area contributed by atoms with E-state index in [4.69, 9.17) is 4.74 Å². The molecule has 0 aliphatic carbocycles. The highest BCUT2D eigenvalue weighted by Crippen LogP contribution is 2.41. The molecule has 0 radical (unpaired) electrons. The maximum atomic E-state index is 12.8. The van der Waals surface area contributed by atoms with Crippen molar-refractivity contribution in [2.45, 2.75) is 0 Å². The number of carbonyl (C=O) groups is 2. The van der Waals surface area contributed by atoms with Gasteiger partial charge in [-0.2, -0.15) is 5.10 Å². The van der Waals surface area contributed by atoms with Gasteiger partial charge in [0, 0.05) is 11.1 Å². The molecule has 0 bridgehead atoms. The number of benzene rings is 3. The summed E-state index contributed by atoms with van der Waals surface area (Å²) in [6.07, 6.45) is 6.22. The number of carbonyl (C=O) groups excluding carboxylic acids is 2. The lowest BCUT2D eigenvalue weighted by Crippen LogP contribution is -2.32. The highest BCUT2D eigenvalue weighted by molar-refractivity contribution is 9.11. The number of hydrogen-bond donors (Lipinski definition) is 3. The van der Waals surface area contributed by atoms with E-state index < -0.39 is 11.8 Å². The molecule has 0 aliphatic heterocycles. The van der Waals surface area contributed by atoms with Crippen molar-refractivity contribution in [2.24, 2.45) is 5.10 Å². The number of methoxy groups -OCH3 is 1. The van der Waals surface area contributed by atoms with E-state index in [0.29, 0.717) is 25.8 Å². The molecule has 3 N–H and O–H groups in total. The normalized spacial score (nSPS) is 11.6. The highest BCUT2D eigenvalue weighted by atomic mass is 79.9. The molecule has 0 heterocycles. The minimum absolute atomic E-state index is 0.00972. The summed E-state index contributed by atoms with van der Waals surface area (Å²) in [6, 6.07) is 19.7. The van der Waals surface area contributed by atoms with Crippen LogP contribution in [0.15, 0.2) is 98.6 Å². The Labute approximate surface area is 219 Å². The van der Waals surface area contributed by atoms with Crippen LogP contribution in [0.4, 0.5) is 0 Å². The zero-order valence-corrected chi connectivity index (χ0v) is 21.7. The smallest absolute Gasteiger partial charge is 0.287 e. The standard InChI is InChI=1S/C26H21Br2N3O4/c1-35-24-20(27)15-19(23(32)22(24)28)16-29-31-26(34)21(14-8-11-17-9-4-2-5-10-17)30-25(33)18-12-6-3-7-13-18/h2-16,32H,1H3,(H,30,33)(H,31,34)/b11-8-,21-14-,29-16?. The minimum atomic E-state index is -0.644. The molecule has 3 aromatic carbocycles. The summed E-state index contributed by atoms with van der Waals surface area (Å²) in [4.78, 5) is 25.4. The number of halogens is 2. The van der Waals surface area contributed by atoms with Gasteiger partial charge >= 0.3 is 0 Å². The van der Waals surface area contributed by atoms with Crippen molar-refractivity contribution >= 4 is 56.0 Å². The van der Waals surface area contributed by atoms with Crippen LogP contribution in [0, 0.1) is 0 Å². The van der Waals surface area contributed by atoms with Gasteiger partial charge in [-0.05, 0) is 61.7 Å². The fourth-order valence-electron chi connectivity index (χ4n) is 2.89. The lowest BCUT2D eigenvalue weighted by molar-refractivity contribution is -0.117. The predicted molar refractivity (Wildman–Crippen MR) is 143 cm³/mol. The lowest BCUT2D eigenvalue weighted by atomic mass is 10.2. The van der Waals surface area contributed by atoms with Crippen molar-refractivity contribution in [3.63, 3.8) is 0 Å². The van der Waals surface area contributed by atoms with E-state index in [1.165, 1.54) is 19.4 Å². The first-order chi connectivity index (χ1) is 16.9. The topological polar surface area (TPSA) is 100 Å². The third-order valence-corrected chi connectivity index (χ3v) is 5.96. The van der Waals surface area contributed by atoms with Crippen LogP contribution >= 0.6 is 31.9 Å². The van der Waals surface area contributed by atoms with E-state index in [2.05, 4.69) is 47.7 Å². The average molecular weight is 599 g/mol. The summed E-state index contributed by atoms with van der Waals surface area (Å²) in [5, 5.41) is 16.9. The van der Waals surface area contributed by atoms with Gasteiger partial charge < -0.3 is 15.2 Å². The largest absolute Gasteiger partial charge is 0.506 e. The molecule has 7 nitrogen and oxygen atoms in total. The van der Waals surface area contributed by atoms with E-state index in [1.54, 1.807) is 48.6 Å². The third kappa shape index (κ3) is 7.14. The van der Waals surface area contributed by atoms with E-state index in [1.807, 2.05) is 30.3 Å². The SMILES string of the molecule is COc1c(Br)cc(C=NNC(=O)/C(=C/C=C\c2ccccc2)NC(=O)c2ccccc2)c(O)c1Br. The maximum absolute atomic E-state index is 12.8. The molecule has 178 valence electrons. The van der Waals surface area contributed by atoms with Crippen molar-refractivity contribution in [3.05, 3.63) is 110 Å². The number of nitrogens with zero attached hydrogens (tertiary/aromatic N) is 1. The molecule has 35 heavy (non-hydrogen) atoms. The molecule has 3 rings (SSSR count). The summed E-state index contributed by atoms with van der Waals surface area (Å²) in [6.45, 7) is 0. The number of hydrazone groups is 1. The molecular formula is C26H21Br2N3O4. The second-order valence-electron chi connectivity index (χ2n) is 7.01. The molecular weight excluding hydrogens is 578 g/mol. The minimum Gasteiger partial charge on any atom is -0.506 e. The van der Waals surface area contributed by atoms with Gasteiger partial charge in [0.1, 0.15) is 15.9 Å². The Hall–Kier alpha value is -3.69. The molecule has 3 aromatic rings. The molecule has 9 heteroatoms. The van der Waals surface area contributed by atoms with E-state index in [0.717, 1.165) is 5.56 Å². The highest BCUT2D eigenvalue weighted by Gasteiger charge is 2.15. The number of hydrogen-bond acceptors (Lipinski definition) is 5. The Kier molecular flexibility index (Phi) is 9.39. The van der Waals surface area contributed by atoms with Crippen LogP contribution in [0.3, 0.4) is 0 Å². The van der Waals surface area contributed by atoms with Crippen LogP contribution in [0.25, 0.3) is 6.08 Å². The average Bonchev–Trinajstić information content (AvgIpc) is 2.87. The molecule has 2 amide bonds. The van der Waals surface area contributed by atoms with E-state index in [-0.39, 0.29) is 11.4 Å². The van der Waals surface area contributed by atoms with E-state index in [9.17, 15) is 14.7 Å². The van der Waals surface area contributed by atoms with Crippen molar-refractivity contribution in [1.82, 2.24) is 10.7 Å². The van der Waals surface area contributed by atoms with Gasteiger partial charge in [-0.15, -0.1) is 0 Å². The fourth-order valence-corrected chi connectivity index (χ4v) is 4.37. The number of aromatic hydroxyl groups is 1. The van der Waals surface area contributed by atoms with Gasteiger partial charge in [0.05, 0.1) is 17.8 Å². The number of nitrogens with one attached hydrogen (secondary N) is 2. The van der Waals surface area contributed by atoms with Crippen LogP contribution in [-0.4, -0.2) is 30.2 Å². The monoisotopic (exact) mass is 597 g/mol. The van der Waals surface area contributed by atoms with Gasteiger partial charge in [0.2, 0.25) is 0 Å². The molecule has 0 saturated carbocycles. The van der Waals surface area contributed by atoms with Crippen LogP contribution < -0.4 is 15.5 Å². The van der Waals surface area contributed by atoms with Gasteiger partial charge in [-0.3, -0.25) is 9.59 Å². The zero-order valence-electron chi connectivity index (χ0n) is 18.5. The van der Waals surface area contributed by atoms with Crippen molar-refractivity contribution < 1.29 is 19.4 Å². The van der Waals surface area contributed by atoms with Crippen LogP contribution in [0.1, 0.15) is 21.5 Å². The second-order valence-corrected chi connectivity index (χ2v) is 8.66. The zero-order chi connectivity index (χ0) is 25.2. The van der Waals surface area contributed by atoms with Crippen LogP contribution in [-0.2, 0) is 4.79 Å². The summed E-state index contributed by atoms with van der Waals surface area (Å²) in [5.74, 6) is -0.774. The van der Waals surface area contributed by atoms with Crippen LogP contribution in [0.5, 0.6) is 11.5 Å². The molecule has 0 spiro atoms. The number of allylic oxidation sites excluding steroid dienone is 2. The maximum Gasteiger partial charge on any atom is 0.287 e. The molecule has 0 aromatic heterocycles. The molecule has 0 atom stereocenters. The van der Waals surface area contributed by atoms with Crippen molar-refractivity contribution in [1.29, 1.82) is 0 Å². The second kappa shape index (κ2) is 12.7. The summed E-state index contributed by atoms with van der Waals surface area (Å²) in [7, 11) is 1.47. The Bertz CT molecular complexity index is 1290. The lowest BCUT2D eigenvalue weighted by Gasteiger charge is -2.10. The van der Waals surface area contributed by atoms with Crippen molar-refractivity contribution in [3.8, 4) is 11.5 Å². The summed E-state index contributed by atoms with van der Waals surface area (Å²) >= 11 is 6.62. The Morgan fingerprint density at radius 1 is 1.03 bits per heavy atom. The Morgan fingerprint density at radius 3 is 2.34 bits per heavy atom. The molecule has 0 aliphatic rings. The number of ether oxygens (including phenoxy) is 1. The Morgan fingerprint density at radius 2 is 1.69 bits per heavy atom. The van der Waals surface area contributed by atoms with Crippen LogP contribution in [0.2, 0.25) is 0 Å². The van der Waals surface area contributed by atoms with Gasteiger partial charge in [0.15, 0.2) is 5.75 Å². The number of phenolic OH excluding ortho intramolecular Hbond substituents is 1. The first-order valence-electron chi connectivity index (χ1n) is 10.3. The van der Waals surface area contributed by atoms with Gasteiger partial charge in [-0.25, -0.2) is 5.43 Å². The number of rotatable bonds is 8. The third-order valence-electron chi connectivity index (χ3n) is 4.63. The summed E-state index contributed by atoms with van der Waals surface area (Å²) in [5.41, 5.74) is 4.02. The van der Waals surface area contributed by atoms with Crippen molar-refractivity contribution in [2.75, 3.05) is 7.11 Å². The van der Waals surface area contributed by atoms with Gasteiger partial charge in [-0.1, -0.05) is 60.7 Å². The number of amides is 2. The predicted octanol–water partition coefficient (Wildman–Crippen LogP) is 5.40. The number of phenols is 1. The summed E-state index contributed by atoms with van der Waals surface area (Å²) < 4.78 is 6.13.